The van der Waals surface area contributed by atoms with Crippen molar-refractivity contribution < 1.29 is 8.78 Å². The van der Waals surface area contributed by atoms with Gasteiger partial charge in [0.15, 0.2) is 0 Å². The molecule has 0 aromatic heterocycles. The van der Waals surface area contributed by atoms with E-state index in [1.54, 1.807) is 0 Å². The molecule has 1 N–H and O–H groups in total. The van der Waals surface area contributed by atoms with Gasteiger partial charge in [-0.05, 0) is 70.3 Å². The molecule has 0 radical (unpaired) electrons. The van der Waals surface area contributed by atoms with Gasteiger partial charge in [0.1, 0.15) is 11.6 Å². The maximum atomic E-state index is 13.4. The first-order valence-electron chi connectivity index (χ1n) is 7.90. The van der Waals surface area contributed by atoms with Crippen LogP contribution in [0, 0.1) is 17.6 Å². The van der Waals surface area contributed by atoms with Crippen molar-refractivity contribution in [1.29, 1.82) is 0 Å². The SMILES string of the molecule is CC(C)N(CC1CCCNC1)C(C)c1cc(F)cc(F)c1. The van der Waals surface area contributed by atoms with E-state index in [0.717, 1.165) is 25.7 Å². The third-order valence-corrected chi connectivity index (χ3v) is 4.40. The summed E-state index contributed by atoms with van der Waals surface area (Å²) in [5, 5.41) is 3.43. The molecule has 118 valence electrons. The summed E-state index contributed by atoms with van der Waals surface area (Å²) in [4.78, 5) is 2.34. The highest BCUT2D eigenvalue weighted by Crippen LogP contribution is 2.26. The Labute approximate surface area is 126 Å². The Balaban J connectivity index is 2.12. The second kappa shape index (κ2) is 7.32. The number of halogens is 2. The minimum Gasteiger partial charge on any atom is -0.316 e. The Bertz CT molecular complexity index is 436. The lowest BCUT2D eigenvalue weighted by Crippen LogP contribution is -2.42. The largest absolute Gasteiger partial charge is 0.316 e. The summed E-state index contributed by atoms with van der Waals surface area (Å²) in [7, 11) is 0. The lowest BCUT2D eigenvalue weighted by molar-refractivity contribution is 0.126. The molecule has 2 atom stereocenters. The van der Waals surface area contributed by atoms with Gasteiger partial charge in [0.2, 0.25) is 0 Å². The average molecular weight is 296 g/mol. The predicted octanol–water partition coefficient (Wildman–Crippen LogP) is 3.74. The van der Waals surface area contributed by atoms with Crippen LogP contribution in [0.5, 0.6) is 0 Å². The smallest absolute Gasteiger partial charge is 0.126 e. The van der Waals surface area contributed by atoms with Gasteiger partial charge < -0.3 is 5.32 Å². The molecule has 1 fully saturated rings. The summed E-state index contributed by atoms with van der Waals surface area (Å²) >= 11 is 0. The fourth-order valence-corrected chi connectivity index (χ4v) is 3.20. The van der Waals surface area contributed by atoms with Crippen LogP contribution in [0.3, 0.4) is 0 Å². The number of rotatable bonds is 5. The quantitative estimate of drug-likeness (QED) is 0.890. The Kier molecular flexibility index (Phi) is 5.71. The van der Waals surface area contributed by atoms with Crippen LogP contribution in [-0.4, -0.2) is 30.6 Å². The monoisotopic (exact) mass is 296 g/mol. The van der Waals surface area contributed by atoms with Crippen molar-refractivity contribution >= 4 is 0 Å². The van der Waals surface area contributed by atoms with Gasteiger partial charge in [-0.1, -0.05) is 0 Å². The highest BCUT2D eigenvalue weighted by Gasteiger charge is 2.24. The van der Waals surface area contributed by atoms with Crippen molar-refractivity contribution in [3.05, 3.63) is 35.4 Å². The Morgan fingerprint density at radius 3 is 2.38 bits per heavy atom. The van der Waals surface area contributed by atoms with Crippen LogP contribution in [0.2, 0.25) is 0 Å². The van der Waals surface area contributed by atoms with Gasteiger partial charge in [-0.25, -0.2) is 8.78 Å². The van der Waals surface area contributed by atoms with Gasteiger partial charge >= 0.3 is 0 Å². The molecule has 1 saturated heterocycles. The number of nitrogens with one attached hydrogen (secondary N) is 1. The Hall–Kier alpha value is -1.00. The molecule has 1 aromatic rings. The van der Waals surface area contributed by atoms with E-state index in [-0.39, 0.29) is 6.04 Å². The highest BCUT2D eigenvalue weighted by molar-refractivity contribution is 5.21. The third-order valence-electron chi connectivity index (χ3n) is 4.40. The van der Waals surface area contributed by atoms with Gasteiger partial charge in [-0.2, -0.15) is 0 Å². The van der Waals surface area contributed by atoms with Gasteiger partial charge in [-0.15, -0.1) is 0 Å². The molecule has 0 bridgehead atoms. The molecule has 21 heavy (non-hydrogen) atoms. The van der Waals surface area contributed by atoms with Crippen molar-refractivity contribution in [2.24, 2.45) is 5.92 Å². The first kappa shape index (κ1) is 16.4. The standard InChI is InChI=1S/C17H26F2N2/c1-12(2)21(11-14-5-4-6-20-10-14)13(3)15-7-16(18)9-17(19)8-15/h7-9,12-14,20H,4-6,10-11H2,1-3H3. The van der Waals surface area contributed by atoms with Crippen molar-refractivity contribution in [3.63, 3.8) is 0 Å². The molecule has 2 nitrogen and oxygen atoms in total. The zero-order valence-electron chi connectivity index (χ0n) is 13.2. The van der Waals surface area contributed by atoms with E-state index < -0.39 is 11.6 Å². The first-order valence-corrected chi connectivity index (χ1v) is 7.90. The number of hydrogen-bond acceptors (Lipinski definition) is 2. The molecule has 1 aliphatic rings. The average Bonchev–Trinajstić information content (AvgIpc) is 2.44. The van der Waals surface area contributed by atoms with Crippen LogP contribution in [0.15, 0.2) is 18.2 Å². The van der Waals surface area contributed by atoms with Gasteiger partial charge in [-0.3, -0.25) is 4.90 Å². The fraction of sp³-hybridized carbons (Fsp3) is 0.647. The lowest BCUT2D eigenvalue weighted by Gasteiger charge is -2.37. The summed E-state index contributed by atoms with van der Waals surface area (Å²) in [5.41, 5.74) is 0.713. The van der Waals surface area contributed by atoms with Crippen molar-refractivity contribution in [1.82, 2.24) is 10.2 Å². The van der Waals surface area contributed by atoms with E-state index in [2.05, 4.69) is 24.1 Å². The normalized spacial score (nSPS) is 21.0. The molecule has 0 aliphatic carbocycles. The van der Waals surface area contributed by atoms with Crippen molar-refractivity contribution in [2.45, 2.75) is 45.7 Å². The van der Waals surface area contributed by atoms with E-state index in [9.17, 15) is 8.78 Å². The molecular weight excluding hydrogens is 270 g/mol. The maximum absolute atomic E-state index is 13.4. The number of piperidine rings is 1. The fourth-order valence-electron chi connectivity index (χ4n) is 3.20. The number of hydrogen-bond donors (Lipinski definition) is 1. The van der Waals surface area contributed by atoms with Crippen LogP contribution in [0.4, 0.5) is 8.78 Å². The van der Waals surface area contributed by atoms with Crippen molar-refractivity contribution in [3.8, 4) is 0 Å². The lowest BCUT2D eigenvalue weighted by atomic mass is 9.96. The Morgan fingerprint density at radius 1 is 1.19 bits per heavy atom. The molecule has 2 rings (SSSR count). The summed E-state index contributed by atoms with van der Waals surface area (Å²) in [6, 6.07) is 4.18. The van der Waals surface area contributed by atoms with Gasteiger partial charge in [0.25, 0.3) is 0 Å². The van der Waals surface area contributed by atoms with E-state index in [1.165, 1.54) is 25.0 Å². The van der Waals surface area contributed by atoms with Crippen LogP contribution in [-0.2, 0) is 0 Å². The summed E-state index contributed by atoms with van der Waals surface area (Å²) < 4.78 is 26.9. The summed E-state index contributed by atoms with van der Waals surface area (Å²) in [6.45, 7) is 9.41. The topological polar surface area (TPSA) is 15.3 Å². The zero-order chi connectivity index (χ0) is 15.4. The zero-order valence-corrected chi connectivity index (χ0v) is 13.2. The Morgan fingerprint density at radius 2 is 1.86 bits per heavy atom. The maximum Gasteiger partial charge on any atom is 0.126 e. The molecule has 0 amide bonds. The van der Waals surface area contributed by atoms with Crippen LogP contribution < -0.4 is 5.32 Å². The van der Waals surface area contributed by atoms with E-state index in [0.29, 0.717) is 17.5 Å². The van der Waals surface area contributed by atoms with E-state index >= 15 is 0 Å². The van der Waals surface area contributed by atoms with Crippen LogP contribution in [0.25, 0.3) is 0 Å². The third kappa shape index (κ3) is 4.48. The van der Waals surface area contributed by atoms with Crippen LogP contribution in [0.1, 0.15) is 45.2 Å². The molecule has 1 heterocycles. The number of nitrogens with zero attached hydrogens (tertiary/aromatic N) is 1. The summed E-state index contributed by atoms with van der Waals surface area (Å²) in [6.07, 6.45) is 2.43. The van der Waals surface area contributed by atoms with E-state index in [4.69, 9.17) is 0 Å². The first-order chi connectivity index (χ1) is 9.97. The molecule has 1 aliphatic heterocycles. The molecule has 4 heteroatoms. The second-order valence-electron chi connectivity index (χ2n) is 6.38. The minimum absolute atomic E-state index is 0.0112. The molecular formula is C17H26F2N2. The van der Waals surface area contributed by atoms with Gasteiger partial charge in [0, 0.05) is 24.7 Å². The molecule has 0 spiro atoms. The predicted molar refractivity (Wildman–Crippen MR) is 82.2 cm³/mol. The second-order valence-corrected chi connectivity index (χ2v) is 6.38. The van der Waals surface area contributed by atoms with Crippen LogP contribution >= 0.6 is 0 Å². The highest BCUT2D eigenvalue weighted by atomic mass is 19.1. The number of benzene rings is 1. The minimum atomic E-state index is -0.500. The van der Waals surface area contributed by atoms with Gasteiger partial charge in [0.05, 0.1) is 0 Å². The van der Waals surface area contributed by atoms with Crippen molar-refractivity contribution in [2.75, 3.05) is 19.6 Å². The molecule has 1 aromatic carbocycles. The molecule has 2 unspecified atom stereocenters. The molecule has 0 saturated carbocycles. The van der Waals surface area contributed by atoms with E-state index in [1.807, 2.05) is 6.92 Å². The summed E-state index contributed by atoms with van der Waals surface area (Å²) in [5.74, 6) is -0.387.